The van der Waals surface area contributed by atoms with Gasteiger partial charge in [-0.05, 0) is 20.3 Å². The Morgan fingerprint density at radius 3 is 2.53 bits per heavy atom. The van der Waals surface area contributed by atoms with E-state index in [-0.39, 0.29) is 17.1 Å². The predicted molar refractivity (Wildman–Crippen MR) is 66.9 cm³/mol. The first-order chi connectivity index (χ1) is 7.88. The van der Waals surface area contributed by atoms with Gasteiger partial charge < -0.3 is 10.2 Å². The Bertz CT molecular complexity index is 346. The second kappa shape index (κ2) is 5.62. The van der Waals surface area contributed by atoms with Crippen LogP contribution in [0, 0.1) is 0 Å². The van der Waals surface area contributed by atoms with Gasteiger partial charge in [0.15, 0.2) is 0 Å². The van der Waals surface area contributed by atoms with Crippen LogP contribution in [0.25, 0.3) is 0 Å². The molecule has 0 saturated carbocycles. The minimum absolute atomic E-state index is 0.0891. The molecule has 1 aliphatic heterocycles. The van der Waals surface area contributed by atoms with E-state index in [1.165, 1.54) is 0 Å². The van der Waals surface area contributed by atoms with Gasteiger partial charge in [0, 0.05) is 28.9 Å². The van der Waals surface area contributed by atoms with E-state index in [9.17, 15) is 13.8 Å². The quantitative estimate of drug-likeness (QED) is 0.766. The van der Waals surface area contributed by atoms with Crippen molar-refractivity contribution in [2.45, 2.75) is 44.5 Å². The van der Waals surface area contributed by atoms with Gasteiger partial charge in [0.2, 0.25) is 11.8 Å². The van der Waals surface area contributed by atoms with Crippen molar-refractivity contribution in [2.75, 3.05) is 12.8 Å². The lowest BCUT2D eigenvalue weighted by molar-refractivity contribution is -0.148. The molecule has 4 atom stereocenters. The van der Waals surface area contributed by atoms with Gasteiger partial charge in [0.1, 0.15) is 12.1 Å². The Morgan fingerprint density at radius 2 is 2.06 bits per heavy atom. The van der Waals surface area contributed by atoms with Crippen molar-refractivity contribution in [1.29, 1.82) is 0 Å². The van der Waals surface area contributed by atoms with Gasteiger partial charge in [0.25, 0.3) is 0 Å². The van der Waals surface area contributed by atoms with Gasteiger partial charge in [-0.1, -0.05) is 6.92 Å². The third-order valence-electron chi connectivity index (χ3n) is 3.10. The molecular formula is C11H20N2O3S. The Labute approximate surface area is 104 Å². The van der Waals surface area contributed by atoms with Gasteiger partial charge >= 0.3 is 0 Å². The molecular weight excluding hydrogens is 240 g/mol. The number of nitrogens with one attached hydrogen (secondary N) is 1. The van der Waals surface area contributed by atoms with E-state index in [1.54, 1.807) is 18.1 Å². The summed E-state index contributed by atoms with van der Waals surface area (Å²) in [6.07, 6.45) is 2.19. The van der Waals surface area contributed by atoms with Gasteiger partial charge in [0.05, 0.1) is 0 Å². The first-order valence-electron chi connectivity index (χ1n) is 5.81. The van der Waals surface area contributed by atoms with Crippen molar-refractivity contribution in [3.8, 4) is 0 Å². The highest BCUT2D eigenvalue weighted by molar-refractivity contribution is 7.84. The van der Waals surface area contributed by atoms with Gasteiger partial charge in [-0.15, -0.1) is 0 Å². The number of rotatable bonds is 4. The van der Waals surface area contributed by atoms with Gasteiger partial charge in [-0.25, -0.2) is 0 Å². The molecule has 17 heavy (non-hydrogen) atoms. The van der Waals surface area contributed by atoms with Crippen molar-refractivity contribution in [1.82, 2.24) is 10.2 Å². The summed E-state index contributed by atoms with van der Waals surface area (Å²) < 4.78 is 11.4. The molecule has 1 fully saturated rings. The molecule has 0 aliphatic carbocycles. The number of piperazine rings is 1. The number of carbonyl (C=O) groups excluding carboxylic acids is 2. The molecule has 1 saturated heterocycles. The average Bonchev–Trinajstić information content (AvgIpc) is 2.25. The Kier molecular flexibility index (Phi) is 4.68. The highest BCUT2D eigenvalue weighted by Gasteiger charge is 2.38. The summed E-state index contributed by atoms with van der Waals surface area (Å²) in [6.45, 7) is 5.74. The summed E-state index contributed by atoms with van der Waals surface area (Å²) in [5.74, 6) is -0.206. The van der Waals surface area contributed by atoms with Crippen LogP contribution in [0.2, 0.25) is 0 Å². The highest BCUT2D eigenvalue weighted by atomic mass is 32.2. The van der Waals surface area contributed by atoms with Crippen molar-refractivity contribution in [3.63, 3.8) is 0 Å². The zero-order valence-corrected chi connectivity index (χ0v) is 11.5. The maximum Gasteiger partial charge on any atom is 0.245 e. The summed E-state index contributed by atoms with van der Waals surface area (Å²) in [7, 11) is -0.992. The number of hydrogen-bond donors (Lipinski definition) is 1. The van der Waals surface area contributed by atoms with Crippen LogP contribution in [0.15, 0.2) is 0 Å². The van der Waals surface area contributed by atoms with Crippen LogP contribution in [-0.2, 0) is 20.4 Å². The molecule has 0 radical (unpaired) electrons. The zero-order chi connectivity index (χ0) is 13.2. The fourth-order valence-electron chi connectivity index (χ4n) is 1.92. The number of nitrogens with zero attached hydrogens (tertiary/aromatic N) is 1. The zero-order valence-electron chi connectivity index (χ0n) is 10.7. The molecule has 0 spiro atoms. The van der Waals surface area contributed by atoms with Crippen molar-refractivity contribution >= 4 is 22.6 Å². The first-order valence-corrected chi connectivity index (χ1v) is 7.43. The fourth-order valence-corrected chi connectivity index (χ4v) is 2.29. The molecule has 0 aromatic carbocycles. The summed E-state index contributed by atoms with van der Waals surface area (Å²) in [6, 6.07) is -0.910. The molecule has 0 aromatic rings. The summed E-state index contributed by atoms with van der Waals surface area (Å²) in [5.41, 5.74) is 0. The number of amides is 2. The van der Waals surface area contributed by atoms with Crippen molar-refractivity contribution in [2.24, 2.45) is 0 Å². The molecule has 1 rings (SSSR count). The minimum atomic E-state index is -0.992. The second-order valence-corrected chi connectivity index (χ2v) is 6.26. The Morgan fingerprint density at radius 1 is 1.47 bits per heavy atom. The fraction of sp³-hybridized carbons (Fsp3) is 0.818. The van der Waals surface area contributed by atoms with E-state index in [4.69, 9.17) is 0 Å². The molecule has 0 aromatic heterocycles. The number of hydrogen-bond acceptors (Lipinski definition) is 3. The normalized spacial score (nSPS) is 28.8. The third kappa shape index (κ3) is 3.06. The van der Waals surface area contributed by atoms with E-state index >= 15 is 0 Å². The highest BCUT2D eigenvalue weighted by Crippen LogP contribution is 2.14. The van der Waals surface area contributed by atoms with E-state index in [1.807, 2.05) is 13.8 Å². The SMILES string of the molecule is CCC1C(=O)NC(C)C(=O)N1CC(C)S(C)=O. The van der Waals surface area contributed by atoms with E-state index in [0.717, 1.165) is 0 Å². The molecule has 1 N–H and O–H groups in total. The van der Waals surface area contributed by atoms with Crippen molar-refractivity contribution < 1.29 is 13.8 Å². The van der Waals surface area contributed by atoms with Crippen LogP contribution in [0.4, 0.5) is 0 Å². The van der Waals surface area contributed by atoms with Crippen LogP contribution in [0.5, 0.6) is 0 Å². The second-order valence-electron chi connectivity index (χ2n) is 4.45. The largest absolute Gasteiger partial charge is 0.343 e. The smallest absolute Gasteiger partial charge is 0.245 e. The summed E-state index contributed by atoms with van der Waals surface area (Å²) >= 11 is 0. The lowest BCUT2D eigenvalue weighted by Crippen LogP contribution is -2.63. The van der Waals surface area contributed by atoms with Crippen LogP contribution >= 0.6 is 0 Å². The van der Waals surface area contributed by atoms with Gasteiger partial charge in [-0.3, -0.25) is 13.8 Å². The van der Waals surface area contributed by atoms with E-state index in [0.29, 0.717) is 13.0 Å². The third-order valence-corrected chi connectivity index (χ3v) is 4.38. The molecule has 98 valence electrons. The lowest BCUT2D eigenvalue weighted by Gasteiger charge is -2.38. The topological polar surface area (TPSA) is 66.5 Å². The minimum Gasteiger partial charge on any atom is -0.343 e. The molecule has 1 heterocycles. The van der Waals surface area contributed by atoms with Crippen LogP contribution < -0.4 is 5.32 Å². The Balaban J connectivity index is 2.86. The summed E-state index contributed by atoms with van der Waals surface area (Å²) in [5, 5.41) is 2.54. The lowest BCUT2D eigenvalue weighted by atomic mass is 10.1. The van der Waals surface area contributed by atoms with Gasteiger partial charge in [-0.2, -0.15) is 0 Å². The predicted octanol–water partition coefficient (Wildman–Crippen LogP) is -0.121. The average molecular weight is 260 g/mol. The monoisotopic (exact) mass is 260 g/mol. The molecule has 6 heteroatoms. The maximum absolute atomic E-state index is 12.0. The van der Waals surface area contributed by atoms with Crippen LogP contribution in [0.1, 0.15) is 27.2 Å². The van der Waals surface area contributed by atoms with Crippen LogP contribution in [0.3, 0.4) is 0 Å². The summed E-state index contributed by atoms with van der Waals surface area (Å²) in [4.78, 5) is 25.3. The standard InChI is InChI=1S/C11H20N2O3S/c1-5-9-10(14)12-8(3)11(15)13(9)6-7(2)17(4)16/h7-9H,5-6H2,1-4H3,(H,12,14). The van der Waals surface area contributed by atoms with E-state index in [2.05, 4.69) is 5.32 Å². The van der Waals surface area contributed by atoms with Crippen LogP contribution in [-0.4, -0.2) is 51.1 Å². The first kappa shape index (κ1) is 14.2. The molecule has 2 amide bonds. The molecule has 0 bridgehead atoms. The van der Waals surface area contributed by atoms with Crippen molar-refractivity contribution in [3.05, 3.63) is 0 Å². The Hall–Kier alpha value is -0.910. The number of carbonyl (C=O) groups is 2. The molecule has 1 aliphatic rings. The molecule has 5 nitrogen and oxygen atoms in total. The maximum atomic E-state index is 12.0. The van der Waals surface area contributed by atoms with E-state index < -0.39 is 22.9 Å². The molecule has 4 unspecified atom stereocenters.